The molecule has 0 saturated carbocycles. The highest BCUT2D eigenvalue weighted by Gasteiger charge is 2.43. The van der Waals surface area contributed by atoms with Gasteiger partial charge >= 0.3 is 6.29 Å². The molecule has 0 unspecified atom stereocenters. The first kappa shape index (κ1) is 11.5. The molecule has 1 aliphatic rings. The van der Waals surface area contributed by atoms with Crippen LogP contribution in [0.5, 0.6) is 11.5 Å². The Bertz CT molecular complexity index is 628. The molecule has 0 fully saturated rings. The van der Waals surface area contributed by atoms with Gasteiger partial charge in [-0.25, -0.2) is 0 Å². The van der Waals surface area contributed by atoms with E-state index >= 15 is 0 Å². The van der Waals surface area contributed by atoms with Gasteiger partial charge in [-0.05, 0) is 12.1 Å². The predicted octanol–water partition coefficient (Wildman–Crippen LogP) is 1.98. The second-order valence-electron chi connectivity index (χ2n) is 3.77. The molecule has 0 atom stereocenters. The van der Waals surface area contributed by atoms with E-state index in [4.69, 9.17) is 0 Å². The quantitative estimate of drug-likeness (QED) is 0.872. The lowest BCUT2D eigenvalue weighted by Gasteiger charge is -2.04. The molecule has 1 aromatic carbocycles. The highest BCUT2D eigenvalue weighted by atomic mass is 19.3. The van der Waals surface area contributed by atoms with Crippen LogP contribution in [0.15, 0.2) is 30.6 Å². The zero-order chi connectivity index (χ0) is 13.5. The van der Waals surface area contributed by atoms with Gasteiger partial charge in [-0.3, -0.25) is 9.89 Å². The summed E-state index contributed by atoms with van der Waals surface area (Å²) in [5.74, 6) is -0.624. The third-order valence-electron chi connectivity index (χ3n) is 2.42. The Balaban J connectivity index is 1.79. The standard InChI is InChI=1S/C11H7F2N3O3/c12-11(13)18-8-2-1-7(3-9(8)19-11)16-10(17)6-4-14-15-5-6/h1-5H,(H,14,15)(H,16,17). The molecular formula is C11H7F2N3O3. The number of alkyl halides is 2. The van der Waals surface area contributed by atoms with E-state index in [1.54, 1.807) is 0 Å². The molecule has 0 aliphatic carbocycles. The van der Waals surface area contributed by atoms with Gasteiger partial charge in [0.1, 0.15) is 0 Å². The van der Waals surface area contributed by atoms with Gasteiger partial charge in [0.15, 0.2) is 11.5 Å². The number of rotatable bonds is 2. The number of carbonyl (C=O) groups is 1. The Morgan fingerprint density at radius 1 is 1.32 bits per heavy atom. The molecule has 0 spiro atoms. The van der Waals surface area contributed by atoms with Crippen molar-refractivity contribution in [3.05, 3.63) is 36.2 Å². The molecule has 1 aliphatic heterocycles. The second-order valence-corrected chi connectivity index (χ2v) is 3.77. The van der Waals surface area contributed by atoms with Gasteiger partial charge in [0.05, 0.1) is 11.8 Å². The number of hydrogen-bond acceptors (Lipinski definition) is 4. The van der Waals surface area contributed by atoms with Crippen molar-refractivity contribution < 1.29 is 23.0 Å². The molecule has 1 amide bonds. The summed E-state index contributed by atoms with van der Waals surface area (Å²) in [4.78, 5) is 11.7. The van der Waals surface area contributed by atoms with Crippen LogP contribution in [0.4, 0.5) is 14.5 Å². The van der Waals surface area contributed by atoms with Crippen molar-refractivity contribution in [2.45, 2.75) is 6.29 Å². The highest BCUT2D eigenvalue weighted by Crippen LogP contribution is 2.42. The number of benzene rings is 1. The maximum Gasteiger partial charge on any atom is 0.586 e. The summed E-state index contributed by atoms with van der Waals surface area (Å²) in [6, 6.07) is 3.98. The SMILES string of the molecule is O=C(Nc1ccc2c(c1)OC(F)(F)O2)c1cn[nH]c1. The number of fused-ring (bicyclic) bond motifs is 1. The number of halogens is 2. The number of anilines is 1. The Hall–Kier alpha value is -2.64. The van der Waals surface area contributed by atoms with Crippen molar-refractivity contribution in [3.8, 4) is 11.5 Å². The van der Waals surface area contributed by atoms with Crippen LogP contribution < -0.4 is 14.8 Å². The lowest BCUT2D eigenvalue weighted by Crippen LogP contribution is -2.25. The number of amides is 1. The Labute approximate surface area is 105 Å². The van der Waals surface area contributed by atoms with Gasteiger partial charge in [0.2, 0.25) is 0 Å². The van der Waals surface area contributed by atoms with E-state index in [0.717, 1.165) is 0 Å². The fourth-order valence-electron chi connectivity index (χ4n) is 1.61. The minimum Gasteiger partial charge on any atom is -0.395 e. The number of H-pyrrole nitrogens is 1. The van der Waals surface area contributed by atoms with Crippen LogP contribution in [0.1, 0.15) is 10.4 Å². The highest BCUT2D eigenvalue weighted by molar-refractivity contribution is 6.04. The van der Waals surface area contributed by atoms with Crippen LogP contribution in [0.2, 0.25) is 0 Å². The smallest absolute Gasteiger partial charge is 0.395 e. The molecule has 0 radical (unpaired) electrons. The molecule has 19 heavy (non-hydrogen) atoms. The largest absolute Gasteiger partial charge is 0.586 e. The summed E-state index contributed by atoms with van der Waals surface area (Å²) in [6.45, 7) is 0. The van der Waals surface area contributed by atoms with Crippen LogP contribution in [0.25, 0.3) is 0 Å². The average molecular weight is 267 g/mol. The molecule has 2 aromatic rings. The number of carbonyl (C=O) groups excluding carboxylic acids is 1. The Morgan fingerprint density at radius 3 is 2.84 bits per heavy atom. The molecular weight excluding hydrogens is 260 g/mol. The maximum atomic E-state index is 12.8. The molecule has 1 aromatic heterocycles. The minimum atomic E-state index is -3.67. The summed E-state index contributed by atoms with van der Waals surface area (Å²) in [5, 5.41) is 8.65. The molecule has 98 valence electrons. The molecule has 0 bridgehead atoms. The van der Waals surface area contributed by atoms with Gasteiger partial charge < -0.3 is 14.8 Å². The van der Waals surface area contributed by atoms with E-state index in [-0.39, 0.29) is 11.5 Å². The van der Waals surface area contributed by atoms with Crippen molar-refractivity contribution >= 4 is 11.6 Å². The number of hydrogen-bond donors (Lipinski definition) is 2. The Morgan fingerprint density at radius 2 is 2.11 bits per heavy atom. The van der Waals surface area contributed by atoms with Crippen molar-refractivity contribution in [1.29, 1.82) is 0 Å². The molecule has 2 N–H and O–H groups in total. The van der Waals surface area contributed by atoms with Gasteiger partial charge in [0, 0.05) is 18.0 Å². The number of nitrogens with zero attached hydrogens (tertiary/aromatic N) is 1. The monoisotopic (exact) mass is 267 g/mol. The van der Waals surface area contributed by atoms with E-state index in [9.17, 15) is 13.6 Å². The molecule has 0 saturated heterocycles. The van der Waals surface area contributed by atoms with Gasteiger partial charge in [0.25, 0.3) is 5.91 Å². The molecule has 8 heteroatoms. The summed E-state index contributed by atoms with van der Waals surface area (Å²) in [6.07, 6.45) is -0.914. The molecule has 6 nitrogen and oxygen atoms in total. The summed E-state index contributed by atoms with van der Waals surface area (Å²) in [7, 11) is 0. The van der Waals surface area contributed by atoms with Crippen LogP contribution in [-0.2, 0) is 0 Å². The van der Waals surface area contributed by atoms with Crippen molar-refractivity contribution in [2.24, 2.45) is 0 Å². The Kier molecular flexibility index (Phi) is 2.37. The van der Waals surface area contributed by atoms with Crippen LogP contribution in [0, 0.1) is 0 Å². The summed E-state index contributed by atoms with van der Waals surface area (Å²) < 4.78 is 34.1. The maximum absolute atomic E-state index is 12.8. The fraction of sp³-hybridized carbons (Fsp3) is 0.0909. The number of nitrogens with one attached hydrogen (secondary N) is 2. The van der Waals surface area contributed by atoms with Gasteiger partial charge in [-0.2, -0.15) is 5.10 Å². The van der Waals surface area contributed by atoms with E-state index in [1.807, 2.05) is 0 Å². The van der Waals surface area contributed by atoms with Crippen molar-refractivity contribution in [3.63, 3.8) is 0 Å². The van der Waals surface area contributed by atoms with Crippen molar-refractivity contribution in [2.75, 3.05) is 5.32 Å². The zero-order valence-electron chi connectivity index (χ0n) is 9.31. The van der Waals surface area contributed by atoms with E-state index in [1.165, 1.54) is 30.6 Å². The number of ether oxygens (including phenoxy) is 2. The predicted molar refractivity (Wildman–Crippen MR) is 59.2 cm³/mol. The van der Waals surface area contributed by atoms with Crippen LogP contribution in [-0.4, -0.2) is 22.4 Å². The van der Waals surface area contributed by atoms with Crippen molar-refractivity contribution in [1.82, 2.24) is 10.2 Å². The molecule has 3 rings (SSSR count). The third-order valence-corrected chi connectivity index (χ3v) is 2.42. The van der Waals surface area contributed by atoms with Gasteiger partial charge in [-0.15, -0.1) is 8.78 Å². The first-order valence-corrected chi connectivity index (χ1v) is 5.23. The van der Waals surface area contributed by atoms with Crippen LogP contribution in [0.3, 0.4) is 0 Å². The minimum absolute atomic E-state index is 0.0775. The van der Waals surface area contributed by atoms with Gasteiger partial charge in [-0.1, -0.05) is 0 Å². The second kappa shape index (κ2) is 3.94. The lowest BCUT2D eigenvalue weighted by atomic mass is 10.2. The van der Waals surface area contributed by atoms with E-state index in [0.29, 0.717) is 11.3 Å². The first-order valence-electron chi connectivity index (χ1n) is 5.23. The van der Waals surface area contributed by atoms with Crippen LogP contribution >= 0.6 is 0 Å². The van der Waals surface area contributed by atoms with E-state index in [2.05, 4.69) is 25.0 Å². The number of aromatic nitrogens is 2. The number of aromatic amines is 1. The summed E-state index contributed by atoms with van der Waals surface area (Å²) in [5.41, 5.74) is 0.634. The van der Waals surface area contributed by atoms with E-state index < -0.39 is 12.2 Å². The fourth-order valence-corrected chi connectivity index (χ4v) is 1.61. The summed E-state index contributed by atoms with van der Waals surface area (Å²) >= 11 is 0. The molecule has 2 heterocycles. The normalized spacial score (nSPS) is 15.3. The first-order chi connectivity index (χ1) is 9.03. The third kappa shape index (κ3) is 2.19. The zero-order valence-corrected chi connectivity index (χ0v) is 9.31. The topological polar surface area (TPSA) is 76.2 Å². The lowest BCUT2D eigenvalue weighted by molar-refractivity contribution is -0.286. The average Bonchev–Trinajstić information content (AvgIpc) is 2.93.